The Kier molecular flexibility index (Phi) is 9.46. The van der Waals surface area contributed by atoms with Crippen molar-refractivity contribution in [3.05, 3.63) is 77.8 Å². The van der Waals surface area contributed by atoms with Gasteiger partial charge in [0.2, 0.25) is 0 Å². The van der Waals surface area contributed by atoms with Crippen LogP contribution in [0.25, 0.3) is 22.7 Å². The lowest BCUT2D eigenvalue weighted by molar-refractivity contribution is -0.192. The average Bonchev–Trinajstić information content (AvgIpc) is 3.35. The van der Waals surface area contributed by atoms with Gasteiger partial charge in [-0.1, -0.05) is 47.7 Å². The third-order valence-corrected chi connectivity index (χ3v) is 6.12. The van der Waals surface area contributed by atoms with E-state index in [1.807, 2.05) is 30.3 Å². The molecule has 13 heteroatoms. The van der Waals surface area contributed by atoms with Gasteiger partial charge in [0.1, 0.15) is 10.0 Å². The molecule has 2 aromatic heterocycles. The second-order valence-electron chi connectivity index (χ2n) is 7.66. The number of nitrogens with zero attached hydrogens (tertiary/aromatic N) is 3. The van der Waals surface area contributed by atoms with Gasteiger partial charge in [0, 0.05) is 24.3 Å². The Bertz CT molecular complexity index is 1360. The molecule has 1 aromatic carbocycles. The van der Waals surface area contributed by atoms with Crippen LogP contribution in [0.5, 0.6) is 0 Å². The molecule has 2 amide bonds. The molecule has 0 spiro atoms. The van der Waals surface area contributed by atoms with Crippen LogP contribution in [0.2, 0.25) is 0 Å². The molecule has 3 N–H and O–H groups in total. The number of pyridine rings is 1. The van der Waals surface area contributed by atoms with E-state index in [4.69, 9.17) is 20.1 Å². The molecular formula is C25H21F3N4O5S. The number of thiazole rings is 1. The number of alkyl halides is 3. The lowest BCUT2D eigenvalue weighted by atomic mass is 10.1. The van der Waals surface area contributed by atoms with Gasteiger partial charge >= 0.3 is 12.1 Å². The smallest absolute Gasteiger partial charge is 0.475 e. The number of amides is 2. The number of anilines is 1. The van der Waals surface area contributed by atoms with E-state index in [-0.39, 0.29) is 5.91 Å². The molecule has 3 heterocycles. The van der Waals surface area contributed by atoms with Crippen LogP contribution in [0.15, 0.2) is 60.7 Å². The minimum Gasteiger partial charge on any atom is -0.475 e. The molecule has 0 bridgehead atoms. The molecule has 198 valence electrons. The lowest BCUT2D eigenvalue weighted by Gasteiger charge is -2.24. The number of aliphatic carboxylic acids is 1. The molecule has 0 aliphatic carbocycles. The summed E-state index contributed by atoms with van der Waals surface area (Å²) in [5, 5.41) is 17.5. The molecule has 1 aliphatic rings. The van der Waals surface area contributed by atoms with Crippen LogP contribution in [-0.4, -0.2) is 50.8 Å². The number of benzene rings is 1. The Morgan fingerprint density at radius 1 is 0.974 bits per heavy atom. The maximum atomic E-state index is 12.9. The van der Waals surface area contributed by atoms with Crippen molar-refractivity contribution in [3.8, 4) is 10.6 Å². The Balaban J connectivity index is 0.000000505. The molecule has 0 atom stereocenters. The molecule has 0 saturated heterocycles. The number of carbonyl (C=O) groups excluding carboxylic acids is 2. The molecule has 9 nitrogen and oxygen atoms in total. The summed E-state index contributed by atoms with van der Waals surface area (Å²) in [5.41, 5.74) is 4.66. The van der Waals surface area contributed by atoms with E-state index in [9.17, 15) is 22.8 Å². The number of hydroxylamine groups is 1. The van der Waals surface area contributed by atoms with Crippen molar-refractivity contribution in [1.82, 2.24) is 15.4 Å². The predicted molar refractivity (Wildman–Crippen MR) is 134 cm³/mol. The lowest BCUT2D eigenvalue weighted by Crippen LogP contribution is -2.33. The van der Waals surface area contributed by atoms with Crippen LogP contribution < -0.4 is 10.4 Å². The number of fused-ring (bicyclic) bond motifs is 1. The summed E-state index contributed by atoms with van der Waals surface area (Å²) >= 11 is 1.54. The number of hydrogen-bond acceptors (Lipinski definition) is 7. The zero-order chi connectivity index (χ0) is 27.7. The van der Waals surface area contributed by atoms with Crippen molar-refractivity contribution in [3.63, 3.8) is 0 Å². The van der Waals surface area contributed by atoms with Crippen LogP contribution in [0.1, 0.15) is 23.5 Å². The van der Waals surface area contributed by atoms with Gasteiger partial charge in [0.15, 0.2) is 0 Å². The number of carboxylic acids is 1. The fraction of sp³-hybridized carbons (Fsp3) is 0.160. The first-order valence-corrected chi connectivity index (χ1v) is 11.8. The van der Waals surface area contributed by atoms with Crippen molar-refractivity contribution in [1.29, 1.82) is 0 Å². The third kappa shape index (κ3) is 7.82. The van der Waals surface area contributed by atoms with E-state index in [0.717, 1.165) is 34.1 Å². The molecular weight excluding hydrogens is 525 g/mol. The Morgan fingerprint density at radius 3 is 2.21 bits per heavy atom. The first kappa shape index (κ1) is 28.2. The van der Waals surface area contributed by atoms with E-state index in [1.54, 1.807) is 29.2 Å². The fourth-order valence-corrected chi connectivity index (χ4v) is 4.39. The minimum absolute atomic E-state index is 0.119. The number of nitrogens with one attached hydrogen (secondary N) is 1. The van der Waals surface area contributed by atoms with Crippen LogP contribution in [0, 0.1) is 0 Å². The highest BCUT2D eigenvalue weighted by atomic mass is 32.1. The average molecular weight is 547 g/mol. The van der Waals surface area contributed by atoms with Crippen molar-refractivity contribution in [2.45, 2.75) is 19.0 Å². The zero-order valence-corrected chi connectivity index (χ0v) is 20.4. The first-order chi connectivity index (χ1) is 18.1. The molecule has 1 aliphatic heterocycles. The van der Waals surface area contributed by atoms with Crippen molar-refractivity contribution in [2.75, 3.05) is 11.4 Å². The van der Waals surface area contributed by atoms with Crippen molar-refractivity contribution < 1.29 is 37.9 Å². The van der Waals surface area contributed by atoms with Gasteiger partial charge in [-0.3, -0.25) is 19.7 Å². The summed E-state index contributed by atoms with van der Waals surface area (Å²) in [6.45, 7) is 0.652. The molecule has 38 heavy (non-hydrogen) atoms. The maximum absolute atomic E-state index is 12.9. The summed E-state index contributed by atoms with van der Waals surface area (Å²) in [6.07, 6.45) is 2.46. The number of aryl methyl sites for hydroxylation is 1. The third-order valence-electron chi connectivity index (χ3n) is 4.95. The SMILES string of the molecule is O=C(/C=C/c1cccc(/C=C/C(=O)N2CCCc3nc(-c4ccccc4)sc32)n1)NO.O=C(O)C(F)(F)F. The number of aromatic nitrogens is 2. The number of hydrogen-bond donors (Lipinski definition) is 3. The molecule has 0 unspecified atom stereocenters. The van der Waals surface area contributed by atoms with Gasteiger partial charge in [0.25, 0.3) is 11.8 Å². The van der Waals surface area contributed by atoms with Crippen LogP contribution >= 0.6 is 11.3 Å². The van der Waals surface area contributed by atoms with Gasteiger partial charge in [-0.2, -0.15) is 13.2 Å². The second-order valence-corrected chi connectivity index (χ2v) is 8.64. The largest absolute Gasteiger partial charge is 0.490 e. The Labute approximate surface area is 218 Å². The van der Waals surface area contributed by atoms with Crippen LogP contribution in [-0.2, 0) is 20.8 Å². The van der Waals surface area contributed by atoms with E-state index >= 15 is 0 Å². The van der Waals surface area contributed by atoms with Crippen LogP contribution in [0.4, 0.5) is 18.2 Å². The number of carbonyl (C=O) groups is 3. The van der Waals surface area contributed by atoms with E-state index in [0.29, 0.717) is 17.9 Å². The molecule has 3 aromatic rings. The highest BCUT2D eigenvalue weighted by Gasteiger charge is 2.38. The predicted octanol–water partition coefficient (Wildman–Crippen LogP) is 4.35. The number of rotatable bonds is 5. The molecule has 0 radical (unpaired) electrons. The van der Waals surface area contributed by atoms with Gasteiger partial charge < -0.3 is 5.11 Å². The van der Waals surface area contributed by atoms with E-state index in [1.165, 1.54) is 35.0 Å². The molecule has 0 saturated carbocycles. The monoisotopic (exact) mass is 546 g/mol. The first-order valence-electron chi connectivity index (χ1n) is 11.0. The van der Waals surface area contributed by atoms with Crippen molar-refractivity contribution >= 4 is 46.3 Å². The summed E-state index contributed by atoms with van der Waals surface area (Å²) in [6, 6.07) is 15.2. The minimum atomic E-state index is -5.08. The summed E-state index contributed by atoms with van der Waals surface area (Å²) in [7, 11) is 0. The van der Waals surface area contributed by atoms with Crippen LogP contribution in [0.3, 0.4) is 0 Å². The summed E-state index contributed by atoms with van der Waals surface area (Å²) in [5.74, 6) is -3.52. The summed E-state index contributed by atoms with van der Waals surface area (Å²) < 4.78 is 31.7. The highest BCUT2D eigenvalue weighted by molar-refractivity contribution is 7.19. The number of halogens is 3. The topological polar surface area (TPSA) is 133 Å². The number of carboxylic acid groups (broad SMARTS) is 1. The maximum Gasteiger partial charge on any atom is 0.490 e. The zero-order valence-electron chi connectivity index (χ0n) is 19.6. The second kappa shape index (κ2) is 12.7. The fourth-order valence-electron chi connectivity index (χ4n) is 3.24. The Hall–Kier alpha value is -4.36. The molecule has 4 rings (SSSR count). The normalized spacial score (nSPS) is 13.1. The summed E-state index contributed by atoms with van der Waals surface area (Å²) in [4.78, 5) is 43.8. The highest BCUT2D eigenvalue weighted by Crippen LogP contribution is 2.38. The van der Waals surface area contributed by atoms with Gasteiger partial charge in [-0.25, -0.2) is 20.2 Å². The van der Waals surface area contributed by atoms with Crippen molar-refractivity contribution in [2.24, 2.45) is 0 Å². The van der Waals surface area contributed by atoms with E-state index < -0.39 is 18.1 Å². The standard InChI is InChI=1S/C23H20N4O3S.C2HF3O2/c28-20(26-30)13-11-17-8-4-9-18(24-17)12-14-21(29)27-15-5-10-19-23(27)31-22(25-19)16-6-2-1-3-7-16;3-2(4,5)1(6)7/h1-4,6-9,11-14,30H,5,10,15H2,(H,26,28);(H,6,7)/b13-11+,14-12+;. The van der Waals surface area contributed by atoms with Gasteiger partial charge in [-0.15, -0.1) is 0 Å². The Morgan fingerprint density at radius 2 is 1.61 bits per heavy atom. The van der Waals surface area contributed by atoms with E-state index in [2.05, 4.69) is 4.98 Å². The van der Waals surface area contributed by atoms with Gasteiger partial charge in [0.05, 0.1) is 17.1 Å². The molecule has 0 fully saturated rings. The quantitative estimate of drug-likeness (QED) is 0.246. The van der Waals surface area contributed by atoms with Gasteiger partial charge in [-0.05, 0) is 37.1 Å².